The molecule has 5 heteroatoms. The van der Waals surface area contributed by atoms with Gasteiger partial charge in [-0.2, -0.15) is 0 Å². The van der Waals surface area contributed by atoms with Gasteiger partial charge in [-0.25, -0.2) is 8.78 Å². The zero-order valence-electron chi connectivity index (χ0n) is 10.6. The van der Waals surface area contributed by atoms with Crippen LogP contribution in [-0.4, -0.2) is 11.0 Å². The van der Waals surface area contributed by atoms with E-state index in [1.54, 1.807) is 12.1 Å². The molecule has 2 N–H and O–H groups in total. The number of rotatable bonds is 4. The van der Waals surface area contributed by atoms with Crippen molar-refractivity contribution in [3.05, 3.63) is 65.2 Å². The number of aromatic hydroxyl groups is 1. The van der Waals surface area contributed by atoms with Gasteiger partial charge in [0.1, 0.15) is 5.75 Å². The van der Waals surface area contributed by atoms with Crippen LogP contribution >= 0.6 is 0 Å². The minimum Gasteiger partial charge on any atom is -0.508 e. The summed E-state index contributed by atoms with van der Waals surface area (Å²) in [5.74, 6) is -2.22. The predicted octanol–water partition coefficient (Wildman–Crippen LogP) is 2.53. The molecule has 0 saturated heterocycles. The van der Waals surface area contributed by atoms with E-state index in [0.717, 1.165) is 11.6 Å². The fourth-order valence-corrected chi connectivity index (χ4v) is 1.73. The molecule has 0 aliphatic rings. The van der Waals surface area contributed by atoms with Crippen LogP contribution in [0.5, 0.6) is 5.75 Å². The first-order chi connectivity index (χ1) is 9.56. The molecule has 2 rings (SSSR count). The van der Waals surface area contributed by atoms with Crippen LogP contribution < -0.4 is 5.32 Å². The average Bonchev–Trinajstić information content (AvgIpc) is 2.43. The number of benzene rings is 2. The Labute approximate surface area is 114 Å². The lowest BCUT2D eigenvalue weighted by molar-refractivity contribution is -0.120. The van der Waals surface area contributed by atoms with Crippen LogP contribution in [0, 0.1) is 11.6 Å². The van der Waals surface area contributed by atoms with Crippen molar-refractivity contribution in [2.24, 2.45) is 0 Å². The van der Waals surface area contributed by atoms with Crippen molar-refractivity contribution in [3.63, 3.8) is 0 Å². The summed E-state index contributed by atoms with van der Waals surface area (Å²) in [7, 11) is 0. The minimum absolute atomic E-state index is 0.0215. The van der Waals surface area contributed by atoms with Crippen molar-refractivity contribution >= 4 is 5.91 Å². The molecular formula is C15H13F2NO2. The molecule has 3 nitrogen and oxygen atoms in total. The number of halogens is 2. The van der Waals surface area contributed by atoms with Crippen molar-refractivity contribution < 1.29 is 18.7 Å². The third kappa shape index (κ3) is 3.54. The highest BCUT2D eigenvalue weighted by Gasteiger charge is 2.11. The van der Waals surface area contributed by atoms with Crippen LogP contribution in [0.3, 0.4) is 0 Å². The minimum atomic E-state index is -0.993. The molecule has 0 saturated carbocycles. The van der Waals surface area contributed by atoms with Crippen molar-refractivity contribution in [3.8, 4) is 5.75 Å². The molecule has 1 amide bonds. The number of nitrogens with one attached hydrogen (secondary N) is 1. The number of phenolic OH excluding ortho intramolecular Hbond substituents is 1. The molecule has 0 unspecified atom stereocenters. The number of carbonyl (C=O) groups is 1. The maximum Gasteiger partial charge on any atom is 0.224 e. The Kier molecular flexibility index (Phi) is 4.30. The van der Waals surface area contributed by atoms with E-state index >= 15 is 0 Å². The number of hydrogen-bond acceptors (Lipinski definition) is 2. The third-order valence-electron chi connectivity index (χ3n) is 2.81. The van der Waals surface area contributed by atoms with Crippen LogP contribution in [0.25, 0.3) is 0 Å². The number of amides is 1. The van der Waals surface area contributed by atoms with Crippen molar-refractivity contribution in [2.45, 2.75) is 13.0 Å². The van der Waals surface area contributed by atoms with Crippen LogP contribution in [0.1, 0.15) is 11.1 Å². The van der Waals surface area contributed by atoms with E-state index in [4.69, 9.17) is 5.11 Å². The smallest absolute Gasteiger partial charge is 0.224 e. The zero-order valence-corrected chi connectivity index (χ0v) is 10.6. The number of carbonyl (C=O) groups excluding carboxylic acids is 1. The Morgan fingerprint density at radius 2 is 1.80 bits per heavy atom. The van der Waals surface area contributed by atoms with Gasteiger partial charge in [0, 0.05) is 12.1 Å². The lowest BCUT2D eigenvalue weighted by atomic mass is 10.1. The van der Waals surface area contributed by atoms with Gasteiger partial charge in [0.05, 0.1) is 6.42 Å². The summed E-state index contributed by atoms with van der Waals surface area (Å²) in [5, 5.41) is 11.7. The average molecular weight is 277 g/mol. The molecule has 0 heterocycles. The number of phenols is 1. The van der Waals surface area contributed by atoms with E-state index in [2.05, 4.69) is 5.32 Å². The van der Waals surface area contributed by atoms with E-state index in [0.29, 0.717) is 0 Å². The highest BCUT2D eigenvalue weighted by atomic mass is 19.2. The molecule has 104 valence electrons. The summed E-state index contributed by atoms with van der Waals surface area (Å²) in [6.45, 7) is 0.260. The summed E-state index contributed by atoms with van der Waals surface area (Å²) in [4.78, 5) is 11.7. The fraction of sp³-hybridized carbons (Fsp3) is 0.133. The van der Waals surface area contributed by atoms with Crippen LogP contribution in [0.4, 0.5) is 8.78 Å². The van der Waals surface area contributed by atoms with Gasteiger partial charge in [-0.05, 0) is 23.8 Å². The molecule has 0 aliphatic heterocycles. The van der Waals surface area contributed by atoms with Gasteiger partial charge in [0.25, 0.3) is 0 Å². The van der Waals surface area contributed by atoms with Gasteiger partial charge in [0.15, 0.2) is 11.6 Å². The molecule has 0 fully saturated rings. The molecular weight excluding hydrogens is 264 g/mol. The molecule has 0 bridgehead atoms. The van der Waals surface area contributed by atoms with Crippen LogP contribution in [0.15, 0.2) is 42.5 Å². The molecule has 0 spiro atoms. The van der Waals surface area contributed by atoms with Gasteiger partial charge >= 0.3 is 0 Å². The first kappa shape index (κ1) is 14.0. The first-order valence-electron chi connectivity index (χ1n) is 6.04. The van der Waals surface area contributed by atoms with Gasteiger partial charge in [-0.1, -0.05) is 24.3 Å². The summed E-state index contributed by atoms with van der Waals surface area (Å²) < 4.78 is 26.4. The van der Waals surface area contributed by atoms with E-state index in [-0.39, 0.29) is 24.3 Å². The Morgan fingerprint density at radius 3 is 2.50 bits per heavy atom. The molecule has 20 heavy (non-hydrogen) atoms. The van der Waals surface area contributed by atoms with Gasteiger partial charge in [-0.3, -0.25) is 4.79 Å². The van der Waals surface area contributed by atoms with E-state index in [1.807, 2.05) is 0 Å². The lowest BCUT2D eigenvalue weighted by Crippen LogP contribution is -2.25. The largest absolute Gasteiger partial charge is 0.508 e. The summed E-state index contributed by atoms with van der Waals surface area (Å²) in [6.07, 6.45) is -0.221. The molecule has 0 radical (unpaired) electrons. The Hall–Kier alpha value is -2.43. The topological polar surface area (TPSA) is 49.3 Å². The maximum atomic E-state index is 13.4. The Morgan fingerprint density at radius 1 is 1.10 bits per heavy atom. The van der Waals surface area contributed by atoms with Gasteiger partial charge in [0.2, 0.25) is 5.91 Å². The summed E-state index contributed by atoms with van der Waals surface area (Å²) in [5.41, 5.74) is 0.823. The van der Waals surface area contributed by atoms with Crippen molar-refractivity contribution in [1.29, 1.82) is 0 Å². The van der Waals surface area contributed by atoms with E-state index < -0.39 is 17.5 Å². The highest BCUT2D eigenvalue weighted by molar-refractivity contribution is 5.78. The number of hydrogen-bond donors (Lipinski definition) is 2. The normalized spacial score (nSPS) is 10.3. The Balaban J connectivity index is 1.92. The molecule has 2 aromatic carbocycles. The standard InChI is InChI=1S/C15H13F2NO2/c16-13-3-1-2-11(15(13)17)8-14(20)18-9-10-4-6-12(19)7-5-10/h1-7,19H,8-9H2,(H,18,20). The second kappa shape index (κ2) is 6.14. The highest BCUT2D eigenvalue weighted by Crippen LogP contribution is 2.12. The summed E-state index contributed by atoms with van der Waals surface area (Å²) in [6, 6.07) is 10.1. The van der Waals surface area contributed by atoms with E-state index in [9.17, 15) is 13.6 Å². The summed E-state index contributed by atoms with van der Waals surface area (Å²) >= 11 is 0. The van der Waals surface area contributed by atoms with Crippen molar-refractivity contribution in [1.82, 2.24) is 5.32 Å². The lowest BCUT2D eigenvalue weighted by Gasteiger charge is -2.06. The van der Waals surface area contributed by atoms with E-state index in [1.165, 1.54) is 24.3 Å². The first-order valence-corrected chi connectivity index (χ1v) is 6.04. The van der Waals surface area contributed by atoms with Gasteiger partial charge < -0.3 is 10.4 Å². The zero-order chi connectivity index (χ0) is 14.5. The fourth-order valence-electron chi connectivity index (χ4n) is 1.73. The second-order valence-electron chi connectivity index (χ2n) is 4.33. The second-order valence-corrected chi connectivity index (χ2v) is 4.33. The monoisotopic (exact) mass is 277 g/mol. The molecule has 0 aliphatic carbocycles. The SMILES string of the molecule is O=C(Cc1cccc(F)c1F)NCc1ccc(O)cc1. The predicted molar refractivity (Wildman–Crippen MR) is 70.0 cm³/mol. The molecule has 0 atom stereocenters. The Bertz CT molecular complexity index is 612. The quantitative estimate of drug-likeness (QED) is 0.902. The molecule has 0 aromatic heterocycles. The van der Waals surface area contributed by atoms with Crippen LogP contribution in [-0.2, 0) is 17.8 Å². The molecule has 2 aromatic rings. The third-order valence-corrected chi connectivity index (χ3v) is 2.81. The van der Waals surface area contributed by atoms with Gasteiger partial charge in [-0.15, -0.1) is 0 Å². The van der Waals surface area contributed by atoms with Crippen molar-refractivity contribution in [2.75, 3.05) is 0 Å². The van der Waals surface area contributed by atoms with Crippen LogP contribution in [0.2, 0.25) is 0 Å². The maximum absolute atomic E-state index is 13.4.